The molecule has 2 fully saturated rings. The molecule has 3 atom stereocenters. The summed E-state index contributed by atoms with van der Waals surface area (Å²) in [4.78, 5) is 27.6. The Hall–Kier alpha value is -1.27. The first-order valence-corrected chi connectivity index (χ1v) is 8.05. The van der Waals surface area contributed by atoms with Gasteiger partial charge in [0.25, 0.3) is 0 Å². The van der Waals surface area contributed by atoms with E-state index in [2.05, 4.69) is 15.6 Å². The molecular formula is C14H19N3O2S. The molecule has 2 heterocycles. The first-order chi connectivity index (χ1) is 9.63. The first-order valence-electron chi connectivity index (χ1n) is 7.17. The predicted molar refractivity (Wildman–Crippen MR) is 78.0 cm³/mol. The van der Waals surface area contributed by atoms with Crippen LogP contribution in [0.1, 0.15) is 49.5 Å². The third kappa shape index (κ3) is 2.76. The second-order valence-electron chi connectivity index (χ2n) is 5.69. The van der Waals surface area contributed by atoms with Gasteiger partial charge in [-0.05, 0) is 25.2 Å². The monoisotopic (exact) mass is 293 g/mol. The highest BCUT2D eigenvalue weighted by atomic mass is 32.1. The fourth-order valence-corrected chi connectivity index (χ4v) is 3.96. The summed E-state index contributed by atoms with van der Waals surface area (Å²) in [5, 5.41) is 8.45. The van der Waals surface area contributed by atoms with Crippen molar-refractivity contribution < 1.29 is 9.59 Å². The molecule has 2 N–H and O–H groups in total. The van der Waals surface area contributed by atoms with Gasteiger partial charge in [0, 0.05) is 18.3 Å². The minimum Gasteiger partial charge on any atom is -0.303 e. The van der Waals surface area contributed by atoms with Crippen molar-refractivity contribution in [2.75, 3.05) is 5.32 Å². The SMILES string of the molecule is CC(=O)c1csc(NC(=O)C2CC3CCCCC3N2)n1. The van der Waals surface area contributed by atoms with Crippen LogP contribution < -0.4 is 10.6 Å². The molecule has 0 aromatic carbocycles. The number of thiazole rings is 1. The van der Waals surface area contributed by atoms with Crippen LogP contribution in [0.2, 0.25) is 0 Å². The lowest BCUT2D eigenvalue weighted by Gasteiger charge is -2.24. The van der Waals surface area contributed by atoms with Gasteiger partial charge in [0.15, 0.2) is 10.9 Å². The van der Waals surface area contributed by atoms with Gasteiger partial charge in [0.1, 0.15) is 5.69 Å². The van der Waals surface area contributed by atoms with Gasteiger partial charge in [-0.25, -0.2) is 4.98 Å². The summed E-state index contributed by atoms with van der Waals surface area (Å²) in [6, 6.07) is 0.386. The van der Waals surface area contributed by atoms with Gasteiger partial charge in [-0.2, -0.15) is 0 Å². The summed E-state index contributed by atoms with van der Waals surface area (Å²) in [5.74, 6) is 0.541. The van der Waals surface area contributed by atoms with Crippen LogP contribution in [0.4, 0.5) is 5.13 Å². The third-order valence-electron chi connectivity index (χ3n) is 4.27. The second kappa shape index (κ2) is 5.61. The Bertz CT molecular complexity index is 514. The average molecular weight is 293 g/mol. The number of hydrogen-bond donors (Lipinski definition) is 2. The molecule has 1 aromatic rings. The minimum absolute atomic E-state index is 0.0242. The molecule has 6 heteroatoms. The normalized spacial score (nSPS) is 28.9. The van der Waals surface area contributed by atoms with Crippen molar-refractivity contribution in [1.29, 1.82) is 0 Å². The number of aromatic nitrogens is 1. The molecular weight excluding hydrogens is 274 g/mol. The molecule has 2 aliphatic rings. The number of nitrogens with zero attached hydrogens (tertiary/aromatic N) is 1. The van der Waals surface area contributed by atoms with E-state index in [-0.39, 0.29) is 17.7 Å². The fraction of sp³-hybridized carbons (Fsp3) is 0.643. The van der Waals surface area contributed by atoms with Crippen LogP contribution in [0.5, 0.6) is 0 Å². The van der Waals surface area contributed by atoms with Gasteiger partial charge in [0.05, 0.1) is 6.04 Å². The Kier molecular flexibility index (Phi) is 3.85. The van der Waals surface area contributed by atoms with Crippen LogP contribution in [-0.2, 0) is 4.79 Å². The molecule has 1 aliphatic carbocycles. The number of Topliss-reactive ketones (excluding diaryl/α,β-unsaturated/α-hetero) is 1. The molecule has 1 saturated carbocycles. The van der Waals surface area contributed by atoms with Crippen molar-refractivity contribution in [1.82, 2.24) is 10.3 Å². The van der Waals surface area contributed by atoms with Gasteiger partial charge in [-0.1, -0.05) is 12.8 Å². The number of hydrogen-bond acceptors (Lipinski definition) is 5. The van der Waals surface area contributed by atoms with Crippen molar-refractivity contribution in [2.45, 2.75) is 51.1 Å². The van der Waals surface area contributed by atoms with Crippen molar-refractivity contribution in [3.63, 3.8) is 0 Å². The Balaban J connectivity index is 1.60. The quantitative estimate of drug-likeness (QED) is 0.838. The Morgan fingerprint density at radius 2 is 2.20 bits per heavy atom. The van der Waals surface area contributed by atoms with Crippen LogP contribution >= 0.6 is 11.3 Å². The van der Waals surface area contributed by atoms with Crippen molar-refractivity contribution in [3.8, 4) is 0 Å². The largest absolute Gasteiger partial charge is 0.303 e. The zero-order valence-electron chi connectivity index (χ0n) is 11.5. The van der Waals surface area contributed by atoms with E-state index in [1.807, 2.05) is 0 Å². The van der Waals surface area contributed by atoms with E-state index in [1.165, 1.54) is 43.9 Å². The predicted octanol–water partition coefficient (Wildman–Crippen LogP) is 2.20. The molecule has 3 unspecified atom stereocenters. The lowest BCUT2D eigenvalue weighted by atomic mass is 9.85. The maximum absolute atomic E-state index is 12.2. The van der Waals surface area contributed by atoms with E-state index < -0.39 is 0 Å². The Morgan fingerprint density at radius 3 is 2.90 bits per heavy atom. The third-order valence-corrected chi connectivity index (χ3v) is 5.03. The Morgan fingerprint density at radius 1 is 1.40 bits per heavy atom. The molecule has 3 rings (SSSR count). The average Bonchev–Trinajstić information content (AvgIpc) is 3.04. The van der Waals surface area contributed by atoms with E-state index in [4.69, 9.17) is 0 Å². The fourth-order valence-electron chi connectivity index (χ4n) is 3.21. The van der Waals surface area contributed by atoms with Gasteiger partial charge in [0.2, 0.25) is 5.91 Å². The molecule has 1 saturated heterocycles. The maximum Gasteiger partial charge on any atom is 0.243 e. The van der Waals surface area contributed by atoms with E-state index in [9.17, 15) is 9.59 Å². The van der Waals surface area contributed by atoms with Gasteiger partial charge in [-0.15, -0.1) is 11.3 Å². The molecule has 0 bridgehead atoms. The van der Waals surface area contributed by atoms with E-state index in [0.717, 1.165) is 6.42 Å². The van der Waals surface area contributed by atoms with Gasteiger partial charge >= 0.3 is 0 Å². The number of nitrogens with one attached hydrogen (secondary N) is 2. The summed E-state index contributed by atoms with van der Waals surface area (Å²) in [7, 11) is 0. The highest BCUT2D eigenvalue weighted by molar-refractivity contribution is 7.14. The zero-order valence-corrected chi connectivity index (χ0v) is 12.3. The van der Waals surface area contributed by atoms with Crippen LogP contribution in [0.3, 0.4) is 0 Å². The van der Waals surface area contributed by atoms with Crippen molar-refractivity contribution >= 4 is 28.2 Å². The van der Waals surface area contributed by atoms with E-state index >= 15 is 0 Å². The molecule has 1 aliphatic heterocycles. The standard InChI is InChI=1S/C14H19N3O2S/c1-8(18)12-7-20-14(16-12)17-13(19)11-6-9-4-2-3-5-10(9)15-11/h7,9-11,15H,2-6H2,1H3,(H,16,17,19). The van der Waals surface area contributed by atoms with E-state index in [0.29, 0.717) is 22.8 Å². The molecule has 1 amide bonds. The molecule has 0 spiro atoms. The number of carbonyl (C=O) groups excluding carboxylic acids is 2. The van der Waals surface area contributed by atoms with Crippen LogP contribution in [0.25, 0.3) is 0 Å². The van der Waals surface area contributed by atoms with E-state index in [1.54, 1.807) is 5.38 Å². The lowest BCUT2D eigenvalue weighted by Crippen LogP contribution is -2.39. The molecule has 0 radical (unpaired) electrons. The first kappa shape index (κ1) is 13.7. The van der Waals surface area contributed by atoms with Crippen molar-refractivity contribution in [2.24, 2.45) is 5.92 Å². The van der Waals surface area contributed by atoms with Gasteiger partial charge in [-0.3, -0.25) is 9.59 Å². The summed E-state index contributed by atoms with van der Waals surface area (Å²) in [5.41, 5.74) is 0.415. The smallest absolute Gasteiger partial charge is 0.243 e. The van der Waals surface area contributed by atoms with Crippen molar-refractivity contribution in [3.05, 3.63) is 11.1 Å². The Labute approximate surface area is 122 Å². The summed E-state index contributed by atoms with van der Waals surface area (Å²) in [6.45, 7) is 1.48. The van der Waals surface area contributed by atoms with Crippen LogP contribution in [0, 0.1) is 5.92 Å². The number of amides is 1. The van der Waals surface area contributed by atoms with Crippen LogP contribution in [0.15, 0.2) is 5.38 Å². The van der Waals surface area contributed by atoms with Gasteiger partial charge < -0.3 is 10.6 Å². The summed E-state index contributed by atoms with van der Waals surface area (Å²) in [6.07, 6.45) is 5.87. The number of fused-ring (bicyclic) bond motifs is 1. The highest BCUT2D eigenvalue weighted by Gasteiger charge is 2.38. The topological polar surface area (TPSA) is 71.1 Å². The number of anilines is 1. The lowest BCUT2D eigenvalue weighted by molar-refractivity contribution is -0.117. The highest BCUT2D eigenvalue weighted by Crippen LogP contribution is 2.33. The van der Waals surface area contributed by atoms with Crippen LogP contribution in [-0.4, -0.2) is 28.8 Å². The summed E-state index contributed by atoms with van der Waals surface area (Å²) < 4.78 is 0. The molecule has 108 valence electrons. The summed E-state index contributed by atoms with van der Waals surface area (Å²) >= 11 is 1.30. The number of rotatable bonds is 3. The molecule has 20 heavy (non-hydrogen) atoms. The number of ketones is 1. The molecule has 1 aromatic heterocycles. The molecule has 5 nitrogen and oxygen atoms in total. The second-order valence-corrected chi connectivity index (χ2v) is 6.55. The maximum atomic E-state index is 12.2. The number of carbonyl (C=O) groups is 2. The zero-order chi connectivity index (χ0) is 14.1. The minimum atomic E-state index is -0.118.